The Kier molecular flexibility index (Phi) is 5.67. The van der Waals surface area contributed by atoms with E-state index in [2.05, 4.69) is 21.9 Å². The van der Waals surface area contributed by atoms with Crippen LogP contribution in [-0.2, 0) is 6.61 Å². The highest BCUT2D eigenvalue weighted by Crippen LogP contribution is 2.34. The largest absolute Gasteiger partial charge is 0.493 e. The molecule has 0 unspecified atom stereocenters. The molecule has 5 N–H and O–H groups in total. The third-order valence-corrected chi connectivity index (χ3v) is 3.21. The fraction of sp³-hybridized carbons (Fsp3) is 0.125. The highest BCUT2D eigenvalue weighted by Gasteiger charge is 2.12. The fourth-order valence-electron chi connectivity index (χ4n) is 2.16. The van der Waals surface area contributed by atoms with E-state index in [0.717, 1.165) is 5.56 Å². The summed E-state index contributed by atoms with van der Waals surface area (Å²) in [5, 5.41) is 7.40. The number of H-pyrrole nitrogens is 1. The number of nitrogens with one attached hydrogen (secondary N) is 1. The molecule has 0 fully saturated rings. The van der Waals surface area contributed by atoms with E-state index in [-0.39, 0.29) is 5.56 Å². The second-order valence-corrected chi connectivity index (χ2v) is 4.53. The van der Waals surface area contributed by atoms with Crippen LogP contribution < -0.4 is 26.7 Å². The molecule has 1 aromatic heterocycles. The SMILES string of the molecule is COc1ccc2c(=O)[nH]ncc2c1OCc1ccccc1.NN. The Labute approximate surface area is 132 Å². The van der Waals surface area contributed by atoms with E-state index in [1.54, 1.807) is 25.4 Å². The van der Waals surface area contributed by atoms with Crippen molar-refractivity contribution in [2.24, 2.45) is 11.7 Å². The molecule has 2 aromatic carbocycles. The zero-order chi connectivity index (χ0) is 16.7. The van der Waals surface area contributed by atoms with E-state index in [1.165, 1.54) is 0 Å². The monoisotopic (exact) mass is 314 g/mol. The quantitative estimate of drug-likeness (QED) is 0.494. The molecule has 0 aliphatic carbocycles. The molecule has 1 heterocycles. The first kappa shape index (κ1) is 16.5. The number of ether oxygens (including phenoxy) is 2. The van der Waals surface area contributed by atoms with Crippen LogP contribution in [0.3, 0.4) is 0 Å². The Hall–Kier alpha value is -2.90. The van der Waals surface area contributed by atoms with Gasteiger partial charge in [-0.2, -0.15) is 5.10 Å². The van der Waals surface area contributed by atoms with Crippen LogP contribution in [0.4, 0.5) is 0 Å². The first-order valence-corrected chi connectivity index (χ1v) is 6.84. The standard InChI is InChI=1S/C16H14N2O3.H4N2/c1-20-14-8-7-12-13(9-17-18-16(12)19)15(14)21-10-11-5-3-2-4-6-11;1-2/h2-9H,10H2,1H3,(H,18,19);1-2H2. The van der Waals surface area contributed by atoms with Gasteiger partial charge in [-0.3, -0.25) is 16.5 Å². The normalized spacial score (nSPS) is 9.87. The maximum atomic E-state index is 11.8. The molecular formula is C16H18N4O3. The molecule has 23 heavy (non-hydrogen) atoms. The van der Waals surface area contributed by atoms with E-state index in [1.807, 2.05) is 30.3 Å². The topological polar surface area (TPSA) is 116 Å². The summed E-state index contributed by atoms with van der Waals surface area (Å²) >= 11 is 0. The van der Waals surface area contributed by atoms with Crippen molar-refractivity contribution >= 4 is 10.8 Å². The predicted octanol–water partition coefficient (Wildman–Crippen LogP) is 1.33. The number of rotatable bonds is 4. The zero-order valence-electron chi connectivity index (χ0n) is 12.7. The number of aromatic amines is 1. The number of hydrogen-bond donors (Lipinski definition) is 3. The summed E-state index contributed by atoms with van der Waals surface area (Å²) in [6.45, 7) is 0.392. The van der Waals surface area contributed by atoms with Crippen LogP contribution in [0, 0.1) is 0 Å². The molecule has 0 spiro atoms. The van der Waals surface area contributed by atoms with Gasteiger partial charge in [-0.05, 0) is 17.7 Å². The minimum atomic E-state index is -0.250. The molecule has 0 aliphatic heterocycles. The van der Waals surface area contributed by atoms with Gasteiger partial charge in [0.05, 0.1) is 24.1 Å². The number of nitrogens with zero attached hydrogens (tertiary/aromatic N) is 1. The van der Waals surface area contributed by atoms with E-state index in [0.29, 0.717) is 28.9 Å². The molecule has 0 atom stereocenters. The number of fused-ring (bicyclic) bond motifs is 1. The van der Waals surface area contributed by atoms with Crippen LogP contribution >= 0.6 is 0 Å². The molecule has 0 saturated heterocycles. The lowest BCUT2D eigenvalue weighted by molar-refractivity contribution is 0.288. The summed E-state index contributed by atoms with van der Waals surface area (Å²) in [4.78, 5) is 11.8. The van der Waals surface area contributed by atoms with Gasteiger partial charge in [-0.25, -0.2) is 5.10 Å². The molecule has 0 saturated carbocycles. The lowest BCUT2D eigenvalue weighted by Gasteiger charge is -2.13. The second-order valence-electron chi connectivity index (χ2n) is 4.53. The van der Waals surface area contributed by atoms with Gasteiger partial charge in [0.1, 0.15) is 6.61 Å². The van der Waals surface area contributed by atoms with Gasteiger partial charge in [0, 0.05) is 0 Å². The first-order valence-electron chi connectivity index (χ1n) is 6.84. The number of benzene rings is 2. The number of hydrazine groups is 1. The smallest absolute Gasteiger partial charge is 0.272 e. The van der Waals surface area contributed by atoms with Crippen molar-refractivity contribution in [3.63, 3.8) is 0 Å². The van der Waals surface area contributed by atoms with Crippen molar-refractivity contribution in [2.75, 3.05) is 7.11 Å². The second kappa shape index (κ2) is 7.92. The van der Waals surface area contributed by atoms with Gasteiger partial charge in [-0.1, -0.05) is 30.3 Å². The van der Waals surface area contributed by atoms with Crippen molar-refractivity contribution in [1.29, 1.82) is 0 Å². The van der Waals surface area contributed by atoms with Crippen LogP contribution in [0.1, 0.15) is 5.56 Å². The van der Waals surface area contributed by atoms with E-state index in [4.69, 9.17) is 9.47 Å². The number of nitrogens with two attached hydrogens (primary N) is 2. The molecule has 7 heteroatoms. The van der Waals surface area contributed by atoms with Crippen LogP contribution in [0.5, 0.6) is 11.5 Å². The third-order valence-electron chi connectivity index (χ3n) is 3.21. The van der Waals surface area contributed by atoms with Crippen LogP contribution in [0.25, 0.3) is 10.8 Å². The molecule has 120 valence electrons. The van der Waals surface area contributed by atoms with Crippen LogP contribution in [0.2, 0.25) is 0 Å². The summed E-state index contributed by atoms with van der Waals surface area (Å²) in [5.74, 6) is 9.10. The highest BCUT2D eigenvalue weighted by atomic mass is 16.5. The molecule has 0 bridgehead atoms. The Balaban J connectivity index is 0.000000924. The lowest BCUT2D eigenvalue weighted by Crippen LogP contribution is -2.08. The summed E-state index contributed by atoms with van der Waals surface area (Å²) in [5.41, 5.74) is 0.786. The van der Waals surface area contributed by atoms with E-state index < -0.39 is 0 Å². The number of methoxy groups -OCH3 is 1. The summed E-state index contributed by atoms with van der Waals surface area (Å²) in [7, 11) is 1.57. The fourth-order valence-corrected chi connectivity index (χ4v) is 2.16. The maximum absolute atomic E-state index is 11.8. The van der Waals surface area contributed by atoms with E-state index >= 15 is 0 Å². The molecule has 0 amide bonds. The van der Waals surface area contributed by atoms with Crippen molar-refractivity contribution in [3.8, 4) is 11.5 Å². The first-order chi connectivity index (χ1) is 11.3. The van der Waals surface area contributed by atoms with Crippen LogP contribution in [0.15, 0.2) is 53.5 Å². The minimum Gasteiger partial charge on any atom is -0.493 e. The Morgan fingerprint density at radius 3 is 2.52 bits per heavy atom. The van der Waals surface area contributed by atoms with Gasteiger partial charge in [-0.15, -0.1) is 0 Å². The van der Waals surface area contributed by atoms with E-state index in [9.17, 15) is 4.79 Å². The van der Waals surface area contributed by atoms with Crippen molar-refractivity contribution in [2.45, 2.75) is 6.61 Å². The highest BCUT2D eigenvalue weighted by molar-refractivity contribution is 5.89. The third kappa shape index (κ3) is 3.65. The Morgan fingerprint density at radius 1 is 1.09 bits per heavy atom. The predicted molar refractivity (Wildman–Crippen MR) is 88.1 cm³/mol. The molecule has 0 radical (unpaired) electrons. The number of aromatic nitrogens is 2. The molecule has 0 aliphatic rings. The average Bonchev–Trinajstić information content (AvgIpc) is 2.62. The zero-order valence-corrected chi connectivity index (χ0v) is 12.7. The van der Waals surface area contributed by atoms with Gasteiger partial charge >= 0.3 is 0 Å². The summed E-state index contributed by atoms with van der Waals surface area (Å²) in [6, 6.07) is 13.2. The summed E-state index contributed by atoms with van der Waals surface area (Å²) in [6.07, 6.45) is 1.57. The Bertz CT molecular complexity index is 818. The van der Waals surface area contributed by atoms with Crippen LogP contribution in [-0.4, -0.2) is 17.3 Å². The lowest BCUT2D eigenvalue weighted by atomic mass is 10.1. The number of hydrogen-bond acceptors (Lipinski definition) is 6. The molecular weight excluding hydrogens is 296 g/mol. The molecule has 3 aromatic rings. The van der Waals surface area contributed by atoms with Crippen molar-refractivity contribution < 1.29 is 9.47 Å². The average molecular weight is 314 g/mol. The van der Waals surface area contributed by atoms with Gasteiger partial charge in [0.25, 0.3) is 5.56 Å². The molecule has 3 rings (SSSR count). The van der Waals surface area contributed by atoms with Crippen molar-refractivity contribution in [1.82, 2.24) is 10.2 Å². The Morgan fingerprint density at radius 2 is 1.83 bits per heavy atom. The summed E-state index contributed by atoms with van der Waals surface area (Å²) < 4.78 is 11.2. The van der Waals surface area contributed by atoms with Gasteiger partial charge in [0.15, 0.2) is 11.5 Å². The van der Waals surface area contributed by atoms with Gasteiger partial charge < -0.3 is 9.47 Å². The maximum Gasteiger partial charge on any atom is 0.272 e. The van der Waals surface area contributed by atoms with Gasteiger partial charge in [0.2, 0.25) is 0 Å². The molecule has 7 nitrogen and oxygen atoms in total. The van der Waals surface area contributed by atoms with Crippen molar-refractivity contribution in [3.05, 3.63) is 64.6 Å². The minimum absolute atomic E-state index is 0.250.